The van der Waals surface area contributed by atoms with E-state index in [9.17, 15) is 4.79 Å². The van der Waals surface area contributed by atoms with Gasteiger partial charge in [0.05, 0.1) is 18.6 Å². The lowest BCUT2D eigenvalue weighted by Crippen LogP contribution is -2.15. The van der Waals surface area contributed by atoms with Crippen molar-refractivity contribution in [2.75, 3.05) is 18.2 Å². The van der Waals surface area contributed by atoms with E-state index in [-0.39, 0.29) is 11.7 Å². The number of halogens is 1. The predicted octanol–water partition coefficient (Wildman–Crippen LogP) is 5.45. The first kappa shape index (κ1) is 20.6. The van der Waals surface area contributed by atoms with Crippen LogP contribution < -0.4 is 10.1 Å². The number of carbonyl (C=O) groups is 1. The number of aryl methyl sites for hydroxylation is 1. The Balaban J connectivity index is 1.51. The van der Waals surface area contributed by atoms with E-state index in [0.29, 0.717) is 16.5 Å². The Hall–Kier alpha value is -2.68. The Labute approximate surface area is 186 Å². The van der Waals surface area contributed by atoms with Crippen molar-refractivity contribution in [3.8, 4) is 17.0 Å². The standard InChI is InChI=1S/C21H17ClN4O2S2/c1-12-3-8-16(28-2)15(9-12)25-17(27)10-29-21-20-19(23-11-24-21)18(26-30-20)13-4-6-14(22)7-5-13/h3-9,11H,10H2,1-2H3,(H,25,27). The molecule has 6 nitrogen and oxygen atoms in total. The van der Waals surface area contributed by atoms with Crippen LogP contribution in [0.1, 0.15) is 5.56 Å². The Morgan fingerprint density at radius 1 is 1.20 bits per heavy atom. The molecule has 0 spiro atoms. The number of ether oxygens (including phenoxy) is 1. The van der Waals surface area contributed by atoms with Gasteiger partial charge in [-0.15, -0.1) is 0 Å². The second-order valence-corrected chi connectivity index (χ2v) is 8.61. The number of nitrogens with one attached hydrogen (secondary N) is 1. The maximum Gasteiger partial charge on any atom is 0.234 e. The average Bonchev–Trinajstić information content (AvgIpc) is 3.18. The highest BCUT2D eigenvalue weighted by Gasteiger charge is 2.16. The zero-order valence-electron chi connectivity index (χ0n) is 16.2. The van der Waals surface area contributed by atoms with Crippen LogP contribution in [0.15, 0.2) is 53.8 Å². The first-order chi connectivity index (χ1) is 14.5. The predicted molar refractivity (Wildman–Crippen MR) is 123 cm³/mol. The Bertz CT molecular complexity index is 1210. The summed E-state index contributed by atoms with van der Waals surface area (Å²) in [7, 11) is 1.58. The molecule has 0 saturated carbocycles. The summed E-state index contributed by atoms with van der Waals surface area (Å²) in [6.07, 6.45) is 1.50. The quantitative estimate of drug-likeness (QED) is 0.307. The summed E-state index contributed by atoms with van der Waals surface area (Å²) >= 11 is 8.65. The molecule has 2 aromatic heterocycles. The molecular formula is C21H17ClN4O2S2. The third-order valence-electron chi connectivity index (χ3n) is 4.31. The van der Waals surface area contributed by atoms with Gasteiger partial charge in [0.2, 0.25) is 5.91 Å². The number of thioether (sulfide) groups is 1. The number of fused-ring (bicyclic) bond motifs is 1. The topological polar surface area (TPSA) is 77.0 Å². The molecule has 0 aliphatic heterocycles. The minimum absolute atomic E-state index is 0.141. The zero-order valence-corrected chi connectivity index (χ0v) is 18.6. The maximum absolute atomic E-state index is 12.5. The first-order valence-corrected chi connectivity index (χ1v) is 11.1. The molecule has 0 atom stereocenters. The molecule has 2 heterocycles. The Morgan fingerprint density at radius 3 is 2.77 bits per heavy atom. The number of carbonyl (C=O) groups excluding carboxylic acids is 1. The van der Waals surface area contributed by atoms with Crippen molar-refractivity contribution >= 4 is 56.7 Å². The number of nitrogens with zero attached hydrogens (tertiary/aromatic N) is 3. The molecule has 0 aliphatic rings. The summed E-state index contributed by atoms with van der Waals surface area (Å²) in [5.74, 6) is 0.689. The van der Waals surface area contributed by atoms with Gasteiger partial charge < -0.3 is 10.1 Å². The molecule has 30 heavy (non-hydrogen) atoms. The molecule has 0 radical (unpaired) electrons. The van der Waals surface area contributed by atoms with Crippen molar-refractivity contribution in [3.63, 3.8) is 0 Å². The molecule has 0 fully saturated rings. The molecule has 152 valence electrons. The number of rotatable bonds is 6. The average molecular weight is 457 g/mol. The number of hydrogen-bond donors (Lipinski definition) is 1. The molecule has 0 aliphatic carbocycles. The van der Waals surface area contributed by atoms with E-state index in [0.717, 1.165) is 32.1 Å². The highest BCUT2D eigenvalue weighted by atomic mass is 35.5. The molecule has 1 amide bonds. The molecule has 1 N–H and O–H groups in total. The van der Waals surface area contributed by atoms with Crippen molar-refractivity contribution in [3.05, 3.63) is 59.4 Å². The maximum atomic E-state index is 12.5. The van der Waals surface area contributed by atoms with Crippen LogP contribution in [0, 0.1) is 6.92 Å². The fourth-order valence-electron chi connectivity index (χ4n) is 2.88. The highest BCUT2D eigenvalue weighted by molar-refractivity contribution is 8.00. The largest absolute Gasteiger partial charge is 0.495 e. The van der Waals surface area contributed by atoms with Crippen molar-refractivity contribution < 1.29 is 9.53 Å². The van der Waals surface area contributed by atoms with Crippen LogP contribution in [-0.4, -0.2) is 33.1 Å². The van der Waals surface area contributed by atoms with E-state index in [1.165, 1.54) is 29.6 Å². The highest BCUT2D eigenvalue weighted by Crippen LogP contribution is 2.35. The number of methoxy groups -OCH3 is 1. The Morgan fingerprint density at radius 2 is 2.00 bits per heavy atom. The number of amides is 1. The lowest BCUT2D eigenvalue weighted by molar-refractivity contribution is -0.113. The summed E-state index contributed by atoms with van der Waals surface area (Å²) in [6.45, 7) is 1.96. The fraction of sp³-hybridized carbons (Fsp3) is 0.143. The summed E-state index contributed by atoms with van der Waals surface area (Å²) in [5, 5.41) is 4.30. The third-order valence-corrected chi connectivity index (χ3v) is 6.52. The van der Waals surface area contributed by atoms with Gasteiger partial charge >= 0.3 is 0 Å². The van der Waals surface area contributed by atoms with Gasteiger partial charge in [-0.1, -0.05) is 41.6 Å². The second kappa shape index (κ2) is 8.99. The fourth-order valence-corrected chi connectivity index (χ4v) is 4.73. The monoisotopic (exact) mass is 456 g/mol. The van der Waals surface area contributed by atoms with Gasteiger partial charge in [-0.25, -0.2) is 9.97 Å². The van der Waals surface area contributed by atoms with Gasteiger partial charge in [-0.3, -0.25) is 4.79 Å². The molecule has 4 rings (SSSR count). The lowest BCUT2D eigenvalue weighted by atomic mass is 10.1. The van der Waals surface area contributed by atoms with Gasteiger partial charge in [0.25, 0.3) is 0 Å². The first-order valence-electron chi connectivity index (χ1n) is 8.99. The van der Waals surface area contributed by atoms with Crippen molar-refractivity contribution in [1.82, 2.24) is 14.3 Å². The Kier molecular flexibility index (Phi) is 6.17. The van der Waals surface area contributed by atoms with Gasteiger partial charge in [0.15, 0.2) is 0 Å². The minimum Gasteiger partial charge on any atom is -0.495 e. The van der Waals surface area contributed by atoms with Crippen LogP contribution >= 0.6 is 34.9 Å². The van der Waals surface area contributed by atoms with Crippen molar-refractivity contribution in [2.45, 2.75) is 11.9 Å². The molecule has 4 aromatic rings. The second-order valence-electron chi connectivity index (χ2n) is 6.44. The van der Waals surface area contributed by atoms with Crippen LogP contribution in [0.3, 0.4) is 0 Å². The molecule has 9 heteroatoms. The molecule has 0 saturated heterocycles. The van der Waals surface area contributed by atoms with Crippen LogP contribution in [0.25, 0.3) is 21.5 Å². The molecule has 0 unspecified atom stereocenters. The van der Waals surface area contributed by atoms with Gasteiger partial charge in [-0.2, -0.15) is 4.37 Å². The normalized spacial score (nSPS) is 10.9. The van der Waals surface area contributed by atoms with Crippen LogP contribution in [0.2, 0.25) is 5.02 Å². The van der Waals surface area contributed by atoms with E-state index in [1.54, 1.807) is 7.11 Å². The van der Waals surface area contributed by atoms with E-state index >= 15 is 0 Å². The molecule has 0 bridgehead atoms. The molecule has 2 aromatic carbocycles. The van der Waals surface area contributed by atoms with E-state index in [1.807, 2.05) is 49.4 Å². The number of aromatic nitrogens is 3. The van der Waals surface area contributed by atoms with E-state index < -0.39 is 0 Å². The summed E-state index contributed by atoms with van der Waals surface area (Å²) in [6, 6.07) is 13.1. The summed E-state index contributed by atoms with van der Waals surface area (Å²) in [4.78, 5) is 21.3. The number of hydrogen-bond acceptors (Lipinski definition) is 7. The van der Waals surface area contributed by atoms with Gasteiger partial charge in [0.1, 0.15) is 33.0 Å². The smallest absolute Gasteiger partial charge is 0.234 e. The number of anilines is 1. The van der Waals surface area contributed by atoms with Crippen molar-refractivity contribution in [2.24, 2.45) is 0 Å². The molecular weight excluding hydrogens is 440 g/mol. The van der Waals surface area contributed by atoms with E-state index in [4.69, 9.17) is 16.3 Å². The van der Waals surface area contributed by atoms with Crippen LogP contribution in [0.4, 0.5) is 5.69 Å². The lowest BCUT2D eigenvalue weighted by Gasteiger charge is -2.10. The van der Waals surface area contributed by atoms with Crippen molar-refractivity contribution in [1.29, 1.82) is 0 Å². The summed E-state index contributed by atoms with van der Waals surface area (Å²) in [5.41, 5.74) is 4.17. The number of benzene rings is 2. The third kappa shape index (κ3) is 4.40. The SMILES string of the molecule is COc1ccc(C)cc1NC(=O)CSc1ncnc2c(-c3ccc(Cl)cc3)nsc12. The zero-order chi connectivity index (χ0) is 21.1. The summed E-state index contributed by atoms with van der Waals surface area (Å²) < 4.78 is 10.7. The van der Waals surface area contributed by atoms with Crippen LogP contribution in [-0.2, 0) is 4.79 Å². The minimum atomic E-state index is -0.141. The van der Waals surface area contributed by atoms with E-state index in [2.05, 4.69) is 19.7 Å². The van der Waals surface area contributed by atoms with Gasteiger partial charge in [0, 0.05) is 10.6 Å². The van der Waals surface area contributed by atoms with Crippen LogP contribution in [0.5, 0.6) is 5.75 Å². The van der Waals surface area contributed by atoms with Gasteiger partial charge in [-0.05, 0) is 48.3 Å².